The Morgan fingerprint density at radius 2 is 2.13 bits per heavy atom. The summed E-state index contributed by atoms with van der Waals surface area (Å²) in [5, 5.41) is 0.238. The molecule has 0 bridgehead atoms. The highest BCUT2D eigenvalue weighted by atomic mass is 35.7. The first-order chi connectivity index (χ1) is 6.89. The molecule has 5 nitrogen and oxygen atoms in total. The van der Waals surface area contributed by atoms with Gasteiger partial charge in [-0.25, -0.2) is 18.4 Å². The summed E-state index contributed by atoms with van der Waals surface area (Å²) in [6, 6.07) is 1.33. The molecule has 0 aliphatic rings. The molecule has 0 aromatic carbocycles. The Hall–Kier alpha value is -0.850. The van der Waals surface area contributed by atoms with Crippen molar-refractivity contribution in [2.24, 2.45) is 7.05 Å². The fourth-order valence-corrected chi connectivity index (χ4v) is 2.02. The van der Waals surface area contributed by atoms with E-state index in [1.54, 1.807) is 11.6 Å². The Morgan fingerprint density at radius 1 is 1.47 bits per heavy atom. The zero-order valence-corrected chi connectivity index (χ0v) is 9.81. The van der Waals surface area contributed by atoms with Crippen LogP contribution in [0.2, 0.25) is 5.28 Å². The molecular weight excluding hydrogens is 261 g/mol. The van der Waals surface area contributed by atoms with Gasteiger partial charge in [0.25, 0.3) is 9.05 Å². The van der Waals surface area contributed by atoms with Crippen molar-refractivity contribution in [1.82, 2.24) is 14.5 Å². The third-order valence-corrected chi connectivity index (χ3v) is 3.57. The topological polar surface area (TPSA) is 64.8 Å². The third-order valence-electron chi connectivity index (χ3n) is 1.91. The molecular formula is C7H5Cl2N3O2S. The predicted molar refractivity (Wildman–Crippen MR) is 56.6 cm³/mol. The molecule has 2 heterocycles. The van der Waals surface area contributed by atoms with Gasteiger partial charge < -0.3 is 4.57 Å². The lowest BCUT2D eigenvalue weighted by Gasteiger charge is -1.96. The number of hydrogen-bond acceptors (Lipinski definition) is 4. The highest BCUT2D eigenvalue weighted by molar-refractivity contribution is 8.13. The molecule has 80 valence electrons. The Labute approximate surface area is 95.1 Å². The lowest BCUT2D eigenvalue weighted by molar-refractivity contribution is 0.609. The summed E-state index contributed by atoms with van der Waals surface area (Å²) in [5.41, 5.74) is 0.897. The van der Waals surface area contributed by atoms with Gasteiger partial charge in [0.2, 0.25) is 5.28 Å². The van der Waals surface area contributed by atoms with E-state index in [1.807, 2.05) is 0 Å². The average molecular weight is 266 g/mol. The fourth-order valence-electron chi connectivity index (χ4n) is 1.16. The van der Waals surface area contributed by atoms with Gasteiger partial charge in [-0.2, -0.15) is 0 Å². The molecule has 0 radical (unpaired) electrons. The van der Waals surface area contributed by atoms with Crippen LogP contribution in [-0.4, -0.2) is 23.0 Å². The second-order valence-corrected chi connectivity index (χ2v) is 5.80. The van der Waals surface area contributed by atoms with Crippen molar-refractivity contribution in [3.63, 3.8) is 0 Å². The summed E-state index contributed by atoms with van der Waals surface area (Å²) < 4.78 is 23.6. The molecule has 15 heavy (non-hydrogen) atoms. The van der Waals surface area contributed by atoms with E-state index in [-0.39, 0.29) is 10.2 Å². The summed E-state index contributed by atoms with van der Waals surface area (Å²) in [4.78, 5) is 7.76. The monoisotopic (exact) mass is 265 g/mol. The molecule has 2 aromatic heterocycles. The minimum Gasteiger partial charge on any atom is -0.302 e. The van der Waals surface area contributed by atoms with Gasteiger partial charge in [0, 0.05) is 23.9 Å². The van der Waals surface area contributed by atoms with Crippen LogP contribution in [0.15, 0.2) is 17.2 Å². The smallest absolute Gasteiger partial charge is 0.262 e. The van der Waals surface area contributed by atoms with Crippen LogP contribution in [0, 0.1) is 0 Å². The van der Waals surface area contributed by atoms with Crippen molar-refractivity contribution >= 4 is 42.5 Å². The lowest BCUT2D eigenvalue weighted by atomic mass is 10.4. The van der Waals surface area contributed by atoms with Crippen molar-refractivity contribution in [3.8, 4) is 0 Å². The first-order valence-electron chi connectivity index (χ1n) is 3.82. The van der Waals surface area contributed by atoms with E-state index in [0.29, 0.717) is 11.2 Å². The third kappa shape index (κ3) is 1.80. The summed E-state index contributed by atoms with van der Waals surface area (Å²) in [5.74, 6) is 0. The molecule has 0 amide bonds. The van der Waals surface area contributed by atoms with Gasteiger partial charge >= 0.3 is 0 Å². The van der Waals surface area contributed by atoms with Crippen LogP contribution in [0.1, 0.15) is 0 Å². The number of halogens is 2. The molecule has 0 aliphatic heterocycles. The highest BCUT2D eigenvalue weighted by Gasteiger charge is 2.14. The lowest BCUT2D eigenvalue weighted by Crippen LogP contribution is -1.94. The maximum absolute atomic E-state index is 11.0. The molecule has 0 fully saturated rings. The van der Waals surface area contributed by atoms with E-state index >= 15 is 0 Å². The number of fused-ring (bicyclic) bond motifs is 1. The molecule has 8 heteroatoms. The molecule has 2 aromatic rings. The molecule has 0 N–H and O–H groups in total. The molecule has 0 spiro atoms. The average Bonchev–Trinajstić information content (AvgIpc) is 2.41. The molecule has 2 rings (SSSR count). The number of aromatic nitrogens is 3. The van der Waals surface area contributed by atoms with Gasteiger partial charge in [-0.3, -0.25) is 0 Å². The van der Waals surface area contributed by atoms with Crippen molar-refractivity contribution in [1.29, 1.82) is 0 Å². The first kappa shape index (κ1) is 10.7. The Kier molecular flexibility index (Phi) is 2.37. The van der Waals surface area contributed by atoms with E-state index in [4.69, 9.17) is 22.3 Å². The zero-order chi connectivity index (χ0) is 11.2. The van der Waals surface area contributed by atoms with Gasteiger partial charge in [0.15, 0.2) is 5.65 Å². The predicted octanol–water partition coefficient (Wildman–Crippen LogP) is 1.55. The van der Waals surface area contributed by atoms with E-state index in [0.717, 1.165) is 0 Å². The van der Waals surface area contributed by atoms with E-state index in [2.05, 4.69) is 9.97 Å². The van der Waals surface area contributed by atoms with Crippen molar-refractivity contribution < 1.29 is 8.42 Å². The maximum atomic E-state index is 11.0. The Balaban J connectivity index is 2.78. The maximum Gasteiger partial charge on any atom is 0.262 e. The van der Waals surface area contributed by atoms with Gasteiger partial charge in [-0.1, -0.05) is 0 Å². The summed E-state index contributed by atoms with van der Waals surface area (Å²) >= 11 is 5.75. The second-order valence-electron chi connectivity index (χ2n) is 2.89. The largest absolute Gasteiger partial charge is 0.302 e. The minimum atomic E-state index is -3.78. The number of hydrogen-bond donors (Lipinski definition) is 0. The van der Waals surface area contributed by atoms with Crippen LogP contribution in [0.3, 0.4) is 0 Å². The van der Waals surface area contributed by atoms with Gasteiger partial charge in [-0.15, -0.1) is 0 Å². The number of rotatable bonds is 1. The van der Waals surface area contributed by atoms with Crippen molar-refractivity contribution in [2.75, 3.05) is 0 Å². The van der Waals surface area contributed by atoms with E-state index < -0.39 is 9.05 Å². The van der Waals surface area contributed by atoms with Crippen molar-refractivity contribution in [2.45, 2.75) is 4.90 Å². The molecule has 0 aliphatic carbocycles. The minimum absolute atomic E-state index is 0.0913. The normalized spacial score (nSPS) is 12.2. The zero-order valence-electron chi connectivity index (χ0n) is 7.48. The number of nitrogens with zero attached hydrogens (tertiary/aromatic N) is 3. The molecule has 0 unspecified atom stereocenters. The number of aryl methyl sites for hydroxylation is 1. The van der Waals surface area contributed by atoms with Crippen LogP contribution in [0.4, 0.5) is 0 Å². The van der Waals surface area contributed by atoms with Crippen LogP contribution >= 0.6 is 22.3 Å². The number of pyridine rings is 1. The Morgan fingerprint density at radius 3 is 2.73 bits per heavy atom. The Bertz CT molecular complexity index is 635. The SMILES string of the molecule is Cn1c(Cl)nc2cc(S(=O)(=O)Cl)cnc21. The van der Waals surface area contributed by atoms with Crippen molar-refractivity contribution in [3.05, 3.63) is 17.5 Å². The first-order valence-corrected chi connectivity index (χ1v) is 6.51. The quantitative estimate of drug-likeness (QED) is 0.734. The van der Waals surface area contributed by atoms with Gasteiger partial charge in [0.1, 0.15) is 10.4 Å². The molecule has 0 atom stereocenters. The summed E-state index contributed by atoms with van der Waals surface area (Å²) in [6.45, 7) is 0. The van der Waals surface area contributed by atoms with Gasteiger partial charge in [-0.05, 0) is 17.7 Å². The molecule has 0 saturated heterocycles. The highest BCUT2D eigenvalue weighted by Crippen LogP contribution is 2.21. The summed E-state index contributed by atoms with van der Waals surface area (Å²) in [6.07, 6.45) is 1.17. The van der Waals surface area contributed by atoms with Gasteiger partial charge in [0.05, 0.1) is 0 Å². The van der Waals surface area contributed by atoms with E-state index in [1.165, 1.54) is 12.3 Å². The number of imidazole rings is 1. The molecule has 0 saturated carbocycles. The fraction of sp³-hybridized carbons (Fsp3) is 0.143. The summed E-state index contributed by atoms with van der Waals surface area (Å²) in [7, 11) is 3.07. The van der Waals surface area contributed by atoms with E-state index in [9.17, 15) is 8.42 Å². The van der Waals surface area contributed by atoms with Crippen LogP contribution in [0.25, 0.3) is 11.2 Å². The second kappa shape index (κ2) is 3.33. The van der Waals surface area contributed by atoms with Crippen LogP contribution < -0.4 is 0 Å². The van der Waals surface area contributed by atoms with Crippen LogP contribution in [0.5, 0.6) is 0 Å². The standard InChI is InChI=1S/C7H5Cl2N3O2S/c1-12-6-5(11-7(12)8)2-4(3-10-6)15(9,13)14/h2-3H,1H3. The van der Waals surface area contributed by atoms with Crippen LogP contribution in [-0.2, 0) is 16.1 Å².